The molecule has 0 heterocycles. The molecular weight excluding hydrogens is 311 g/mol. The van der Waals surface area contributed by atoms with Crippen LogP contribution >= 0.6 is 0 Å². The van der Waals surface area contributed by atoms with Gasteiger partial charge in [-0.3, -0.25) is 0 Å². The Bertz CT molecular complexity index is 529. The molecule has 1 aromatic rings. The number of hydrogen-bond donors (Lipinski definition) is 0. The summed E-state index contributed by atoms with van der Waals surface area (Å²) in [6.45, 7) is 2.41. The zero-order valence-electron chi connectivity index (χ0n) is 12.2. The second kappa shape index (κ2) is 6.50. The van der Waals surface area contributed by atoms with Crippen molar-refractivity contribution in [2.75, 3.05) is 13.2 Å². The van der Waals surface area contributed by atoms with Crippen LogP contribution < -0.4 is 4.74 Å². The molecule has 0 aliphatic carbocycles. The van der Waals surface area contributed by atoms with E-state index in [0.29, 0.717) is 26.0 Å². The number of carbonyl (C=O) groups excluding carboxylic acids is 1. The Morgan fingerprint density at radius 1 is 1.14 bits per heavy atom. The molecule has 0 aliphatic heterocycles. The highest BCUT2D eigenvalue weighted by Crippen LogP contribution is 2.43. The Morgan fingerprint density at radius 3 is 2.05 bits per heavy atom. The summed E-state index contributed by atoms with van der Waals surface area (Å²) in [6, 6.07) is 1.20. The molecule has 0 N–H and O–H groups in total. The molecule has 0 bridgehead atoms. The maximum Gasteiger partial charge on any atom is 0.398 e. The van der Waals surface area contributed by atoms with Gasteiger partial charge in [0.2, 0.25) is 0 Å². The average molecular weight is 326 g/mol. The summed E-state index contributed by atoms with van der Waals surface area (Å²) in [5.41, 5.74) is -3.82. The number of rotatable bonds is 5. The zero-order chi connectivity index (χ0) is 17.1. The maximum atomic E-state index is 13.9. The zero-order valence-corrected chi connectivity index (χ0v) is 12.2. The van der Waals surface area contributed by atoms with E-state index in [0.717, 1.165) is 0 Å². The molecule has 0 atom stereocenters. The first-order valence-electron chi connectivity index (χ1n) is 6.35. The number of halogens is 5. The topological polar surface area (TPSA) is 35.5 Å². The lowest BCUT2D eigenvalue weighted by Crippen LogP contribution is -2.38. The van der Waals surface area contributed by atoms with Crippen molar-refractivity contribution >= 4 is 5.97 Å². The molecule has 0 amide bonds. The standard InChI is InChI=1S/C14H15F5O3/c1-4-21-11(20)7-22-8-5-9(15)12(10(16)6-8)13(2,3)14(17,18)19/h5-6H,4,7H2,1-3H3. The van der Waals surface area contributed by atoms with Crippen LogP contribution in [-0.2, 0) is 14.9 Å². The molecule has 124 valence electrons. The van der Waals surface area contributed by atoms with E-state index in [9.17, 15) is 26.7 Å². The summed E-state index contributed by atoms with van der Waals surface area (Å²) < 4.78 is 75.8. The van der Waals surface area contributed by atoms with Crippen molar-refractivity contribution < 1.29 is 36.2 Å². The van der Waals surface area contributed by atoms with Gasteiger partial charge in [0.05, 0.1) is 12.0 Å². The third kappa shape index (κ3) is 3.86. The second-order valence-electron chi connectivity index (χ2n) is 4.98. The van der Waals surface area contributed by atoms with Crippen LogP contribution in [-0.4, -0.2) is 25.4 Å². The predicted octanol–water partition coefficient (Wildman–Crippen LogP) is 3.75. The van der Waals surface area contributed by atoms with Gasteiger partial charge in [-0.25, -0.2) is 13.6 Å². The largest absolute Gasteiger partial charge is 0.482 e. The van der Waals surface area contributed by atoms with Crippen LogP contribution in [0, 0.1) is 11.6 Å². The molecule has 1 rings (SSSR count). The predicted molar refractivity (Wildman–Crippen MR) is 67.6 cm³/mol. The minimum absolute atomic E-state index is 0.101. The molecule has 0 aliphatic rings. The molecule has 0 aromatic heterocycles. The number of benzene rings is 1. The molecule has 0 fully saturated rings. The first-order valence-corrected chi connectivity index (χ1v) is 6.35. The van der Waals surface area contributed by atoms with E-state index in [2.05, 4.69) is 4.74 Å². The molecule has 0 radical (unpaired) electrons. The van der Waals surface area contributed by atoms with Gasteiger partial charge in [0.25, 0.3) is 0 Å². The van der Waals surface area contributed by atoms with Gasteiger partial charge >= 0.3 is 12.1 Å². The van der Waals surface area contributed by atoms with Gasteiger partial charge in [0, 0.05) is 17.7 Å². The van der Waals surface area contributed by atoms with Crippen molar-refractivity contribution in [2.24, 2.45) is 0 Å². The molecule has 0 unspecified atom stereocenters. The summed E-state index contributed by atoms with van der Waals surface area (Å²) in [5, 5.41) is 0. The average Bonchev–Trinajstić information content (AvgIpc) is 2.34. The van der Waals surface area contributed by atoms with Crippen LogP contribution in [0.15, 0.2) is 12.1 Å². The first kappa shape index (κ1) is 18.2. The normalized spacial score (nSPS) is 12.2. The monoisotopic (exact) mass is 326 g/mol. The number of carbonyl (C=O) groups is 1. The van der Waals surface area contributed by atoms with Crippen LogP contribution in [0.25, 0.3) is 0 Å². The summed E-state index contributed by atoms with van der Waals surface area (Å²) in [7, 11) is 0. The van der Waals surface area contributed by atoms with E-state index < -0.39 is 47.1 Å². The summed E-state index contributed by atoms with van der Waals surface area (Å²) in [4.78, 5) is 11.1. The Balaban J connectivity index is 3.06. The smallest absolute Gasteiger partial charge is 0.398 e. The van der Waals surface area contributed by atoms with Crippen molar-refractivity contribution in [3.8, 4) is 5.75 Å². The SMILES string of the molecule is CCOC(=O)COc1cc(F)c(C(C)(C)C(F)(F)F)c(F)c1. The molecule has 0 saturated heterocycles. The van der Waals surface area contributed by atoms with Crippen LogP contribution in [0.2, 0.25) is 0 Å². The number of ether oxygens (including phenoxy) is 2. The van der Waals surface area contributed by atoms with Crippen molar-refractivity contribution in [1.29, 1.82) is 0 Å². The van der Waals surface area contributed by atoms with Crippen molar-refractivity contribution in [3.05, 3.63) is 29.3 Å². The minimum Gasteiger partial charge on any atom is -0.482 e. The van der Waals surface area contributed by atoms with Crippen molar-refractivity contribution in [2.45, 2.75) is 32.4 Å². The number of esters is 1. The quantitative estimate of drug-likeness (QED) is 0.611. The summed E-state index contributed by atoms with van der Waals surface area (Å²) in [5.74, 6) is -3.96. The highest BCUT2D eigenvalue weighted by Gasteiger charge is 2.51. The van der Waals surface area contributed by atoms with Crippen LogP contribution in [0.1, 0.15) is 26.3 Å². The third-order valence-electron chi connectivity index (χ3n) is 3.01. The number of hydrogen-bond acceptors (Lipinski definition) is 3. The highest BCUT2D eigenvalue weighted by atomic mass is 19.4. The van der Waals surface area contributed by atoms with E-state index in [1.54, 1.807) is 6.92 Å². The molecule has 1 aromatic carbocycles. The summed E-state index contributed by atoms with van der Waals surface area (Å²) >= 11 is 0. The minimum atomic E-state index is -4.83. The van der Waals surface area contributed by atoms with E-state index in [4.69, 9.17) is 4.74 Å². The van der Waals surface area contributed by atoms with Gasteiger partial charge in [-0.15, -0.1) is 0 Å². The Morgan fingerprint density at radius 2 is 1.64 bits per heavy atom. The van der Waals surface area contributed by atoms with Gasteiger partial charge in [0.15, 0.2) is 6.61 Å². The van der Waals surface area contributed by atoms with Crippen LogP contribution in [0.4, 0.5) is 22.0 Å². The lowest BCUT2D eigenvalue weighted by molar-refractivity contribution is -0.181. The van der Waals surface area contributed by atoms with E-state index >= 15 is 0 Å². The Labute approximate surface area is 124 Å². The van der Waals surface area contributed by atoms with Crippen LogP contribution in [0.5, 0.6) is 5.75 Å². The molecular formula is C14H15F5O3. The maximum absolute atomic E-state index is 13.9. The fourth-order valence-electron chi connectivity index (χ4n) is 1.72. The van der Waals surface area contributed by atoms with E-state index in [1.807, 2.05) is 0 Å². The fraction of sp³-hybridized carbons (Fsp3) is 0.500. The van der Waals surface area contributed by atoms with Gasteiger partial charge in [-0.1, -0.05) is 0 Å². The second-order valence-corrected chi connectivity index (χ2v) is 4.98. The molecule has 0 spiro atoms. The van der Waals surface area contributed by atoms with Gasteiger partial charge < -0.3 is 9.47 Å². The first-order chi connectivity index (χ1) is 10.0. The van der Waals surface area contributed by atoms with E-state index in [-0.39, 0.29) is 6.61 Å². The Hall–Kier alpha value is -1.86. The lowest BCUT2D eigenvalue weighted by atomic mass is 9.83. The summed E-state index contributed by atoms with van der Waals surface area (Å²) in [6.07, 6.45) is -4.83. The fourth-order valence-corrected chi connectivity index (χ4v) is 1.72. The molecule has 0 saturated carbocycles. The van der Waals surface area contributed by atoms with Gasteiger partial charge in [-0.05, 0) is 20.8 Å². The van der Waals surface area contributed by atoms with Crippen LogP contribution in [0.3, 0.4) is 0 Å². The lowest BCUT2D eigenvalue weighted by Gasteiger charge is -2.29. The molecule has 22 heavy (non-hydrogen) atoms. The highest BCUT2D eigenvalue weighted by molar-refractivity contribution is 5.71. The van der Waals surface area contributed by atoms with Gasteiger partial charge in [-0.2, -0.15) is 13.2 Å². The van der Waals surface area contributed by atoms with E-state index in [1.165, 1.54) is 0 Å². The van der Waals surface area contributed by atoms with Crippen molar-refractivity contribution in [1.82, 2.24) is 0 Å². The number of alkyl halides is 3. The van der Waals surface area contributed by atoms with Gasteiger partial charge in [0.1, 0.15) is 17.4 Å². The van der Waals surface area contributed by atoms with Crippen molar-refractivity contribution in [3.63, 3.8) is 0 Å². The third-order valence-corrected chi connectivity index (χ3v) is 3.01. The molecule has 3 nitrogen and oxygen atoms in total. The Kier molecular flexibility index (Phi) is 5.37. The molecule has 8 heteroatoms.